The summed E-state index contributed by atoms with van der Waals surface area (Å²) >= 11 is 0. The fourth-order valence-corrected chi connectivity index (χ4v) is 4.30. The highest BCUT2D eigenvalue weighted by atomic mass is 16.5. The standard InChI is InChI=1S/C23H28N6O4/c1-15(2)28-14-20(16(3)25-28)21(30)27-11-5-10-23(27,22(31)32)12-17-13-29(26-24-17)18-6-8-19(33-4)9-7-18/h6-9,13-15H,5,10-12H2,1-4H3,(H,31,32). The van der Waals surface area contributed by atoms with Gasteiger partial charge in [0.25, 0.3) is 5.91 Å². The molecule has 0 spiro atoms. The van der Waals surface area contributed by atoms with Gasteiger partial charge in [-0.1, -0.05) is 5.21 Å². The first kappa shape index (κ1) is 22.5. The van der Waals surface area contributed by atoms with Gasteiger partial charge < -0.3 is 14.7 Å². The molecule has 0 aliphatic carbocycles. The van der Waals surface area contributed by atoms with E-state index < -0.39 is 11.5 Å². The van der Waals surface area contributed by atoms with E-state index in [1.807, 2.05) is 38.1 Å². The van der Waals surface area contributed by atoms with Crippen molar-refractivity contribution in [2.45, 2.75) is 51.6 Å². The lowest BCUT2D eigenvalue weighted by atomic mass is 9.90. The Labute approximate surface area is 191 Å². The molecule has 10 nitrogen and oxygen atoms in total. The molecule has 3 heterocycles. The summed E-state index contributed by atoms with van der Waals surface area (Å²) < 4.78 is 8.49. The Morgan fingerprint density at radius 1 is 1.21 bits per heavy atom. The van der Waals surface area contributed by atoms with Gasteiger partial charge in [-0.15, -0.1) is 5.10 Å². The van der Waals surface area contributed by atoms with Crippen LogP contribution in [0.1, 0.15) is 54.5 Å². The van der Waals surface area contributed by atoms with Crippen molar-refractivity contribution in [3.63, 3.8) is 0 Å². The monoisotopic (exact) mass is 452 g/mol. The Balaban J connectivity index is 1.62. The van der Waals surface area contributed by atoms with Crippen LogP contribution >= 0.6 is 0 Å². The van der Waals surface area contributed by atoms with Gasteiger partial charge in [-0.2, -0.15) is 5.10 Å². The molecule has 1 N–H and O–H groups in total. The second-order valence-electron chi connectivity index (χ2n) is 8.63. The van der Waals surface area contributed by atoms with E-state index >= 15 is 0 Å². The number of carboxylic acids is 1. The molecule has 4 rings (SSSR count). The number of hydrogen-bond donors (Lipinski definition) is 1. The van der Waals surface area contributed by atoms with E-state index in [0.717, 1.165) is 11.4 Å². The lowest BCUT2D eigenvalue weighted by Gasteiger charge is -2.34. The highest BCUT2D eigenvalue weighted by molar-refractivity contribution is 5.99. The van der Waals surface area contributed by atoms with Crippen LogP contribution in [0.5, 0.6) is 5.75 Å². The average Bonchev–Trinajstić information content (AvgIpc) is 3.52. The predicted molar refractivity (Wildman–Crippen MR) is 120 cm³/mol. The number of carboxylic acid groups (broad SMARTS) is 1. The van der Waals surface area contributed by atoms with Gasteiger partial charge in [0, 0.05) is 25.2 Å². The lowest BCUT2D eigenvalue weighted by molar-refractivity contribution is -0.148. The molecule has 0 bridgehead atoms. The molecule has 0 radical (unpaired) electrons. The fraction of sp³-hybridized carbons (Fsp3) is 0.435. The van der Waals surface area contributed by atoms with Crippen LogP contribution in [0.25, 0.3) is 5.69 Å². The van der Waals surface area contributed by atoms with Crippen LogP contribution in [-0.2, 0) is 11.2 Å². The maximum Gasteiger partial charge on any atom is 0.330 e. The quantitative estimate of drug-likeness (QED) is 0.586. The Morgan fingerprint density at radius 2 is 1.94 bits per heavy atom. The van der Waals surface area contributed by atoms with Crippen molar-refractivity contribution in [2.24, 2.45) is 0 Å². The first-order valence-corrected chi connectivity index (χ1v) is 10.9. The van der Waals surface area contributed by atoms with Crippen LogP contribution in [0.3, 0.4) is 0 Å². The van der Waals surface area contributed by atoms with E-state index in [1.54, 1.807) is 35.8 Å². The lowest BCUT2D eigenvalue weighted by Crippen LogP contribution is -2.54. The van der Waals surface area contributed by atoms with Crippen molar-refractivity contribution in [1.29, 1.82) is 0 Å². The average molecular weight is 453 g/mol. The zero-order chi connectivity index (χ0) is 23.8. The number of methoxy groups -OCH3 is 1. The third-order valence-electron chi connectivity index (χ3n) is 6.16. The van der Waals surface area contributed by atoms with Gasteiger partial charge in [0.1, 0.15) is 11.3 Å². The van der Waals surface area contributed by atoms with Crippen molar-refractivity contribution in [1.82, 2.24) is 29.7 Å². The zero-order valence-corrected chi connectivity index (χ0v) is 19.2. The third kappa shape index (κ3) is 4.08. The number of aryl methyl sites for hydroxylation is 1. The smallest absolute Gasteiger partial charge is 0.330 e. The van der Waals surface area contributed by atoms with Gasteiger partial charge in [0.05, 0.1) is 35.9 Å². The minimum atomic E-state index is -1.38. The molecule has 1 aliphatic rings. The van der Waals surface area contributed by atoms with Crippen molar-refractivity contribution in [2.75, 3.05) is 13.7 Å². The SMILES string of the molecule is COc1ccc(-n2cc(CC3(C(=O)O)CCCN3C(=O)c3cn(C(C)C)nc3C)nn2)cc1. The number of likely N-dealkylation sites (tertiary alicyclic amines) is 1. The molecule has 10 heteroatoms. The minimum absolute atomic E-state index is 0.0710. The largest absolute Gasteiger partial charge is 0.497 e. The van der Waals surface area contributed by atoms with Crippen molar-refractivity contribution < 1.29 is 19.4 Å². The summed E-state index contributed by atoms with van der Waals surface area (Å²) in [6.45, 7) is 6.09. The number of aliphatic carboxylic acids is 1. The second kappa shape index (κ2) is 8.68. The second-order valence-corrected chi connectivity index (χ2v) is 8.63. The summed E-state index contributed by atoms with van der Waals surface area (Å²) in [6.07, 6.45) is 4.42. The maximum absolute atomic E-state index is 13.5. The van der Waals surface area contributed by atoms with Crippen LogP contribution in [0.4, 0.5) is 0 Å². The molecule has 3 aromatic rings. The summed E-state index contributed by atoms with van der Waals surface area (Å²) in [5.74, 6) is -0.636. The molecular formula is C23H28N6O4. The summed E-state index contributed by atoms with van der Waals surface area (Å²) in [7, 11) is 1.60. The van der Waals surface area contributed by atoms with Gasteiger partial charge in [-0.05, 0) is 57.9 Å². The summed E-state index contributed by atoms with van der Waals surface area (Å²) in [4.78, 5) is 27.5. The van der Waals surface area contributed by atoms with Crippen LogP contribution in [-0.4, -0.2) is 65.9 Å². The third-order valence-corrected chi connectivity index (χ3v) is 6.16. The molecule has 1 unspecified atom stereocenters. The molecule has 1 saturated heterocycles. The van der Waals surface area contributed by atoms with E-state index in [-0.39, 0.29) is 18.4 Å². The topological polar surface area (TPSA) is 115 Å². The van der Waals surface area contributed by atoms with E-state index in [1.165, 1.54) is 4.90 Å². The Morgan fingerprint density at radius 3 is 2.55 bits per heavy atom. The highest BCUT2D eigenvalue weighted by Gasteiger charge is 2.51. The number of rotatable bonds is 7. The molecule has 2 aromatic heterocycles. The molecular weight excluding hydrogens is 424 g/mol. The van der Waals surface area contributed by atoms with Crippen LogP contribution < -0.4 is 4.74 Å². The number of aromatic nitrogens is 5. The van der Waals surface area contributed by atoms with E-state index in [0.29, 0.717) is 36.3 Å². The number of amides is 1. The summed E-state index contributed by atoms with van der Waals surface area (Å²) in [5, 5.41) is 23.0. The zero-order valence-electron chi connectivity index (χ0n) is 19.2. The van der Waals surface area contributed by atoms with Gasteiger partial charge in [0.15, 0.2) is 0 Å². The van der Waals surface area contributed by atoms with Gasteiger partial charge in [-0.3, -0.25) is 9.48 Å². The molecule has 33 heavy (non-hydrogen) atoms. The molecule has 1 amide bonds. The van der Waals surface area contributed by atoms with E-state index in [2.05, 4.69) is 15.4 Å². The van der Waals surface area contributed by atoms with Crippen LogP contribution in [0.2, 0.25) is 0 Å². The first-order chi connectivity index (χ1) is 15.7. The number of carbonyl (C=O) groups is 2. The highest BCUT2D eigenvalue weighted by Crippen LogP contribution is 2.35. The molecule has 0 saturated carbocycles. The fourth-order valence-electron chi connectivity index (χ4n) is 4.30. The number of carbonyl (C=O) groups excluding carboxylic acids is 1. The van der Waals surface area contributed by atoms with E-state index in [9.17, 15) is 14.7 Å². The molecule has 1 aromatic carbocycles. The van der Waals surface area contributed by atoms with Gasteiger partial charge in [0.2, 0.25) is 0 Å². The predicted octanol–water partition coefficient (Wildman–Crippen LogP) is 2.66. The van der Waals surface area contributed by atoms with Crippen LogP contribution in [0, 0.1) is 6.92 Å². The maximum atomic E-state index is 13.5. The Kier molecular flexibility index (Phi) is 5.92. The van der Waals surface area contributed by atoms with Gasteiger partial charge in [-0.25, -0.2) is 9.48 Å². The van der Waals surface area contributed by atoms with E-state index in [4.69, 9.17) is 4.74 Å². The van der Waals surface area contributed by atoms with Gasteiger partial charge >= 0.3 is 5.97 Å². The summed E-state index contributed by atoms with van der Waals surface area (Å²) in [6, 6.07) is 7.40. The minimum Gasteiger partial charge on any atom is -0.497 e. The molecule has 1 fully saturated rings. The van der Waals surface area contributed by atoms with Crippen molar-refractivity contribution in [3.8, 4) is 11.4 Å². The van der Waals surface area contributed by atoms with Crippen molar-refractivity contribution in [3.05, 3.63) is 53.6 Å². The van der Waals surface area contributed by atoms with Crippen LogP contribution in [0.15, 0.2) is 36.7 Å². The molecule has 174 valence electrons. The number of nitrogens with zero attached hydrogens (tertiary/aromatic N) is 6. The summed E-state index contributed by atoms with van der Waals surface area (Å²) in [5.41, 5.74) is 0.908. The first-order valence-electron chi connectivity index (χ1n) is 10.9. The number of benzene rings is 1. The Bertz CT molecular complexity index is 1170. The molecule has 1 atom stereocenters. The number of hydrogen-bond acceptors (Lipinski definition) is 6. The normalized spacial score (nSPS) is 18.2. The molecule has 1 aliphatic heterocycles. The Hall–Kier alpha value is -3.69. The van der Waals surface area contributed by atoms with Crippen molar-refractivity contribution >= 4 is 11.9 Å². The number of ether oxygens (including phenoxy) is 1.